The maximum Gasteiger partial charge on any atom is 0.144 e. The summed E-state index contributed by atoms with van der Waals surface area (Å²) in [5.41, 5.74) is 0.859. The second-order valence-corrected chi connectivity index (χ2v) is 4.86. The van der Waals surface area contributed by atoms with Crippen LogP contribution in [0.4, 0.5) is 10.1 Å². The highest BCUT2D eigenvalue weighted by molar-refractivity contribution is 5.56. The Kier molecular flexibility index (Phi) is 4.42. The van der Waals surface area contributed by atoms with Crippen molar-refractivity contribution in [3.05, 3.63) is 24.0 Å². The molecule has 0 bridgehead atoms. The van der Waals surface area contributed by atoms with Gasteiger partial charge < -0.3 is 15.0 Å². The van der Waals surface area contributed by atoms with E-state index in [9.17, 15) is 4.39 Å². The number of benzene rings is 1. The lowest BCUT2D eigenvalue weighted by Gasteiger charge is -2.32. The van der Waals surface area contributed by atoms with Gasteiger partial charge in [0.2, 0.25) is 0 Å². The van der Waals surface area contributed by atoms with Gasteiger partial charge in [-0.1, -0.05) is 6.42 Å². The van der Waals surface area contributed by atoms with Crippen LogP contribution in [0, 0.1) is 5.82 Å². The number of rotatable bonds is 4. The van der Waals surface area contributed by atoms with Gasteiger partial charge in [0.15, 0.2) is 0 Å². The van der Waals surface area contributed by atoms with Gasteiger partial charge in [-0.15, -0.1) is 0 Å². The molecule has 1 aliphatic heterocycles. The highest BCUT2D eigenvalue weighted by atomic mass is 19.1. The van der Waals surface area contributed by atoms with Gasteiger partial charge in [0.25, 0.3) is 0 Å². The molecule has 0 saturated carbocycles. The fraction of sp³-hybridized carbons (Fsp3) is 0.571. The maximum absolute atomic E-state index is 13.1. The summed E-state index contributed by atoms with van der Waals surface area (Å²) >= 11 is 0. The van der Waals surface area contributed by atoms with Gasteiger partial charge in [0.05, 0.1) is 12.8 Å². The fourth-order valence-corrected chi connectivity index (χ4v) is 2.44. The summed E-state index contributed by atoms with van der Waals surface area (Å²) in [7, 11) is 3.72. The average Bonchev–Trinajstić information content (AvgIpc) is 2.39. The van der Waals surface area contributed by atoms with E-state index in [1.807, 2.05) is 0 Å². The van der Waals surface area contributed by atoms with Crippen LogP contribution in [-0.4, -0.2) is 38.2 Å². The minimum Gasteiger partial charge on any atom is -0.494 e. The lowest BCUT2D eigenvalue weighted by Crippen LogP contribution is -2.40. The SMILES string of the molecule is COc1cc(F)ccc1NCC1CCCCN1C. The predicted molar refractivity (Wildman–Crippen MR) is 71.7 cm³/mol. The molecule has 0 aromatic heterocycles. The number of anilines is 1. The number of methoxy groups -OCH3 is 1. The molecule has 0 spiro atoms. The smallest absolute Gasteiger partial charge is 0.144 e. The van der Waals surface area contributed by atoms with Crippen molar-refractivity contribution in [1.82, 2.24) is 4.90 Å². The molecule has 1 aromatic carbocycles. The molecule has 0 radical (unpaired) electrons. The number of likely N-dealkylation sites (tertiary alicyclic amines) is 1. The van der Waals surface area contributed by atoms with Crippen LogP contribution in [0.2, 0.25) is 0 Å². The highest BCUT2D eigenvalue weighted by Gasteiger charge is 2.18. The van der Waals surface area contributed by atoms with Crippen LogP contribution in [0.5, 0.6) is 5.75 Å². The van der Waals surface area contributed by atoms with E-state index >= 15 is 0 Å². The topological polar surface area (TPSA) is 24.5 Å². The Hall–Kier alpha value is -1.29. The van der Waals surface area contributed by atoms with Crippen molar-refractivity contribution in [2.75, 3.05) is 32.6 Å². The van der Waals surface area contributed by atoms with Gasteiger partial charge in [-0.05, 0) is 38.6 Å². The van der Waals surface area contributed by atoms with Gasteiger partial charge in [-0.3, -0.25) is 0 Å². The molecule has 1 atom stereocenters. The van der Waals surface area contributed by atoms with E-state index in [0.29, 0.717) is 11.8 Å². The summed E-state index contributed by atoms with van der Waals surface area (Å²) in [4.78, 5) is 2.38. The molecule has 1 fully saturated rings. The second-order valence-electron chi connectivity index (χ2n) is 4.86. The Labute approximate surface area is 108 Å². The third kappa shape index (κ3) is 3.13. The van der Waals surface area contributed by atoms with Crippen molar-refractivity contribution in [2.45, 2.75) is 25.3 Å². The van der Waals surface area contributed by atoms with Crippen molar-refractivity contribution < 1.29 is 9.13 Å². The first-order valence-corrected chi connectivity index (χ1v) is 6.48. The zero-order chi connectivity index (χ0) is 13.0. The normalized spacial score (nSPS) is 20.7. The maximum atomic E-state index is 13.1. The van der Waals surface area contributed by atoms with Gasteiger partial charge in [-0.25, -0.2) is 4.39 Å². The summed E-state index contributed by atoms with van der Waals surface area (Å²) in [5, 5.41) is 3.36. The van der Waals surface area contributed by atoms with Gasteiger partial charge in [-0.2, -0.15) is 0 Å². The van der Waals surface area contributed by atoms with E-state index in [0.717, 1.165) is 18.8 Å². The Morgan fingerprint density at radius 3 is 3.00 bits per heavy atom. The van der Waals surface area contributed by atoms with Gasteiger partial charge in [0, 0.05) is 18.7 Å². The molecule has 1 unspecified atom stereocenters. The number of halogens is 1. The molecule has 0 amide bonds. The Bertz CT molecular complexity index is 397. The van der Waals surface area contributed by atoms with Crippen LogP contribution in [0.1, 0.15) is 19.3 Å². The van der Waals surface area contributed by atoms with Crippen LogP contribution in [-0.2, 0) is 0 Å². The summed E-state index contributed by atoms with van der Waals surface area (Å²) < 4.78 is 18.3. The Morgan fingerprint density at radius 2 is 2.28 bits per heavy atom. The molecule has 18 heavy (non-hydrogen) atoms. The standard InChI is InChI=1S/C14H21FN2O/c1-17-8-4-3-5-12(17)10-16-13-7-6-11(15)9-14(13)18-2/h6-7,9,12,16H,3-5,8,10H2,1-2H3. The molecule has 2 rings (SSSR count). The first-order valence-electron chi connectivity index (χ1n) is 6.48. The summed E-state index contributed by atoms with van der Waals surface area (Å²) in [6.07, 6.45) is 3.79. The first-order chi connectivity index (χ1) is 8.70. The van der Waals surface area contributed by atoms with Crippen molar-refractivity contribution in [2.24, 2.45) is 0 Å². The lowest BCUT2D eigenvalue weighted by molar-refractivity contribution is 0.194. The van der Waals surface area contributed by atoms with Gasteiger partial charge >= 0.3 is 0 Å². The largest absolute Gasteiger partial charge is 0.494 e. The number of nitrogens with zero attached hydrogens (tertiary/aromatic N) is 1. The molecule has 4 heteroatoms. The molecular formula is C14H21FN2O. The molecular weight excluding hydrogens is 231 g/mol. The quantitative estimate of drug-likeness (QED) is 0.891. The molecule has 1 aliphatic rings. The van der Waals surface area contributed by atoms with Crippen LogP contribution in [0.25, 0.3) is 0 Å². The van der Waals surface area contributed by atoms with E-state index < -0.39 is 0 Å². The van der Waals surface area contributed by atoms with Crippen molar-refractivity contribution in [3.8, 4) is 5.75 Å². The second kappa shape index (κ2) is 6.05. The summed E-state index contributed by atoms with van der Waals surface area (Å²) in [5.74, 6) is 0.292. The van der Waals surface area contributed by atoms with E-state index in [4.69, 9.17) is 4.74 Å². The van der Waals surface area contributed by atoms with Gasteiger partial charge in [0.1, 0.15) is 11.6 Å². The Balaban J connectivity index is 1.97. The minimum atomic E-state index is -0.271. The highest BCUT2D eigenvalue weighted by Crippen LogP contribution is 2.25. The minimum absolute atomic E-state index is 0.271. The first kappa shape index (κ1) is 13.1. The van der Waals surface area contributed by atoms with Crippen molar-refractivity contribution in [3.63, 3.8) is 0 Å². The Morgan fingerprint density at radius 1 is 1.44 bits per heavy atom. The molecule has 1 heterocycles. The number of nitrogens with one attached hydrogen (secondary N) is 1. The molecule has 1 N–H and O–H groups in total. The predicted octanol–water partition coefficient (Wildman–Crippen LogP) is 2.73. The fourth-order valence-electron chi connectivity index (χ4n) is 2.44. The van der Waals surface area contributed by atoms with Crippen LogP contribution in [0.3, 0.4) is 0 Å². The van der Waals surface area contributed by atoms with E-state index in [1.54, 1.807) is 13.2 Å². The molecule has 0 aliphatic carbocycles. The zero-order valence-corrected chi connectivity index (χ0v) is 11.1. The molecule has 1 aromatic rings. The molecule has 1 saturated heterocycles. The number of piperidine rings is 1. The number of ether oxygens (including phenoxy) is 1. The van der Waals surface area contributed by atoms with Crippen molar-refractivity contribution in [1.29, 1.82) is 0 Å². The lowest BCUT2D eigenvalue weighted by atomic mass is 10.0. The molecule has 3 nitrogen and oxygen atoms in total. The van der Waals surface area contributed by atoms with E-state index in [2.05, 4.69) is 17.3 Å². The zero-order valence-electron chi connectivity index (χ0n) is 11.1. The average molecular weight is 252 g/mol. The van der Waals surface area contributed by atoms with E-state index in [1.165, 1.54) is 31.4 Å². The van der Waals surface area contributed by atoms with Crippen LogP contribution in [0.15, 0.2) is 18.2 Å². The van der Waals surface area contributed by atoms with E-state index in [-0.39, 0.29) is 5.82 Å². The third-order valence-corrected chi connectivity index (χ3v) is 3.61. The third-order valence-electron chi connectivity index (χ3n) is 3.61. The number of likely N-dealkylation sites (N-methyl/N-ethyl adjacent to an activating group) is 1. The monoisotopic (exact) mass is 252 g/mol. The van der Waals surface area contributed by atoms with Crippen LogP contribution >= 0.6 is 0 Å². The summed E-state index contributed by atoms with van der Waals surface area (Å²) in [6.45, 7) is 2.03. The van der Waals surface area contributed by atoms with Crippen molar-refractivity contribution >= 4 is 5.69 Å². The summed E-state index contributed by atoms with van der Waals surface area (Å²) in [6, 6.07) is 5.15. The van der Waals surface area contributed by atoms with Crippen LogP contribution < -0.4 is 10.1 Å². The number of hydrogen-bond donors (Lipinski definition) is 1. The number of hydrogen-bond acceptors (Lipinski definition) is 3. The molecule has 100 valence electrons.